The van der Waals surface area contributed by atoms with Gasteiger partial charge in [-0.1, -0.05) is 15.9 Å². The molecular weight excluding hydrogens is 291 g/mol. The summed E-state index contributed by atoms with van der Waals surface area (Å²) in [7, 11) is 0. The standard InChI is InChI=1S/C11H6BrFN2S/c12-7-1-2-9(13)8(5-7)10-6-15-3-4-16-11(15)14-10/h1-6H. The van der Waals surface area contributed by atoms with Crippen molar-refractivity contribution >= 4 is 32.2 Å². The summed E-state index contributed by atoms with van der Waals surface area (Å²) >= 11 is 4.86. The average Bonchev–Trinajstić information content (AvgIpc) is 2.81. The summed E-state index contributed by atoms with van der Waals surface area (Å²) in [6, 6.07) is 4.85. The number of hydrogen-bond donors (Lipinski definition) is 0. The Balaban J connectivity index is 2.22. The van der Waals surface area contributed by atoms with Crippen LogP contribution in [0.1, 0.15) is 0 Å². The third-order valence-electron chi connectivity index (χ3n) is 2.30. The summed E-state index contributed by atoms with van der Waals surface area (Å²) in [5.74, 6) is -0.256. The number of imidazole rings is 1. The lowest BCUT2D eigenvalue weighted by molar-refractivity contribution is 0.630. The van der Waals surface area contributed by atoms with Crippen LogP contribution in [0.25, 0.3) is 16.2 Å². The number of nitrogens with zero attached hydrogens (tertiary/aromatic N) is 2. The van der Waals surface area contributed by atoms with Gasteiger partial charge in [0.05, 0.1) is 5.69 Å². The first kappa shape index (κ1) is 9.99. The van der Waals surface area contributed by atoms with Crippen LogP contribution in [0.4, 0.5) is 4.39 Å². The Labute approximate surface area is 103 Å². The van der Waals surface area contributed by atoms with Gasteiger partial charge in [0.25, 0.3) is 0 Å². The van der Waals surface area contributed by atoms with E-state index in [4.69, 9.17) is 0 Å². The maximum Gasteiger partial charge on any atom is 0.194 e. The van der Waals surface area contributed by atoms with E-state index in [0.717, 1.165) is 9.43 Å². The number of rotatable bonds is 1. The number of fused-ring (bicyclic) bond motifs is 1. The highest BCUT2D eigenvalue weighted by Gasteiger charge is 2.10. The van der Waals surface area contributed by atoms with Crippen molar-refractivity contribution in [3.05, 3.63) is 46.3 Å². The van der Waals surface area contributed by atoms with Crippen LogP contribution in [-0.4, -0.2) is 9.38 Å². The predicted octanol–water partition coefficient (Wildman–Crippen LogP) is 3.96. The van der Waals surface area contributed by atoms with E-state index in [9.17, 15) is 4.39 Å². The van der Waals surface area contributed by atoms with Gasteiger partial charge in [0.15, 0.2) is 4.96 Å². The molecule has 0 aliphatic rings. The molecule has 0 radical (unpaired) electrons. The lowest BCUT2D eigenvalue weighted by atomic mass is 10.1. The monoisotopic (exact) mass is 296 g/mol. The molecule has 0 fully saturated rings. The van der Waals surface area contributed by atoms with Crippen LogP contribution in [0.3, 0.4) is 0 Å². The van der Waals surface area contributed by atoms with Crippen LogP contribution in [-0.2, 0) is 0 Å². The van der Waals surface area contributed by atoms with E-state index in [1.165, 1.54) is 17.4 Å². The van der Waals surface area contributed by atoms with Gasteiger partial charge in [0, 0.05) is 27.8 Å². The van der Waals surface area contributed by atoms with Gasteiger partial charge in [-0.05, 0) is 18.2 Å². The average molecular weight is 297 g/mol. The highest BCUT2D eigenvalue weighted by atomic mass is 79.9. The highest BCUT2D eigenvalue weighted by molar-refractivity contribution is 9.10. The highest BCUT2D eigenvalue weighted by Crippen LogP contribution is 2.26. The molecule has 5 heteroatoms. The van der Waals surface area contributed by atoms with Crippen LogP contribution < -0.4 is 0 Å². The summed E-state index contributed by atoms with van der Waals surface area (Å²) in [5.41, 5.74) is 1.18. The predicted molar refractivity (Wildman–Crippen MR) is 66.2 cm³/mol. The second-order valence-corrected chi connectivity index (χ2v) is 5.13. The maximum absolute atomic E-state index is 13.6. The fourth-order valence-electron chi connectivity index (χ4n) is 1.55. The van der Waals surface area contributed by atoms with Crippen molar-refractivity contribution < 1.29 is 4.39 Å². The Morgan fingerprint density at radius 3 is 3.06 bits per heavy atom. The maximum atomic E-state index is 13.6. The number of aromatic nitrogens is 2. The summed E-state index contributed by atoms with van der Waals surface area (Å²) in [5, 5.41) is 1.95. The minimum Gasteiger partial charge on any atom is -0.297 e. The molecule has 0 amide bonds. The third kappa shape index (κ3) is 1.56. The van der Waals surface area contributed by atoms with Gasteiger partial charge >= 0.3 is 0 Å². The fourth-order valence-corrected chi connectivity index (χ4v) is 2.61. The van der Waals surface area contributed by atoms with E-state index >= 15 is 0 Å². The minimum atomic E-state index is -0.256. The van der Waals surface area contributed by atoms with E-state index in [1.54, 1.807) is 12.1 Å². The summed E-state index contributed by atoms with van der Waals surface area (Å²) in [4.78, 5) is 5.24. The molecule has 0 unspecified atom stereocenters. The van der Waals surface area contributed by atoms with E-state index in [-0.39, 0.29) is 5.82 Å². The molecule has 2 heterocycles. The van der Waals surface area contributed by atoms with Gasteiger partial charge in [0.1, 0.15) is 5.82 Å². The molecule has 2 nitrogen and oxygen atoms in total. The molecule has 3 aromatic rings. The van der Waals surface area contributed by atoms with E-state index in [2.05, 4.69) is 20.9 Å². The molecule has 0 bridgehead atoms. The van der Waals surface area contributed by atoms with Crippen molar-refractivity contribution in [2.24, 2.45) is 0 Å². The minimum absolute atomic E-state index is 0.256. The van der Waals surface area contributed by atoms with Gasteiger partial charge in [0.2, 0.25) is 0 Å². The fraction of sp³-hybridized carbons (Fsp3) is 0. The Hall–Kier alpha value is -1.20. The molecule has 0 aliphatic carbocycles. The van der Waals surface area contributed by atoms with Crippen LogP contribution in [0.2, 0.25) is 0 Å². The van der Waals surface area contributed by atoms with Crippen molar-refractivity contribution in [2.45, 2.75) is 0 Å². The van der Waals surface area contributed by atoms with Gasteiger partial charge in [-0.3, -0.25) is 4.40 Å². The topological polar surface area (TPSA) is 17.3 Å². The summed E-state index contributed by atoms with van der Waals surface area (Å²) in [6.45, 7) is 0. The first-order valence-electron chi connectivity index (χ1n) is 4.62. The first-order valence-corrected chi connectivity index (χ1v) is 6.29. The van der Waals surface area contributed by atoms with Crippen molar-refractivity contribution in [3.8, 4) is 11.3 Å². The Morgan fingerprint density at radius 1 is 1.38 bits per heavy atom. The molecule has 0 aliphatic heterocycles. The molecule has 0 atom stereocenters. The van der Waals surface area contributed by atoms with Crippen LogP contribution in [0.15, 0.2) is 40.4 Å². The molecule has 0 N–H and O–H groups in total. The smallest absolute Gasteiger partial charge is 0.194 e. The molecule has 0 saturated carbocycles. The van der Waals surface area contributed by atoms with Crippen LogP contribution in [0.5, 0.6) is 0 Å². The molecule has 16 heavy (non-hydrogen) atoms. The lowest BCUT2D eigenvalue weighted by Crippen LogP contribution is -1.84. The number of benzene rings is 1. The molecular formula is C11H6BrFN2S. The zero-order valence-electron chi connectivity index (χ0n) is 8.02. The van der Waals surface area contributed by atoms with Gasteiger partial charge < -0.3 is 0 Å². The summed E-state index contributed by atoms with van der Waals surface area (Å²) in [6.07, 6.45) is 3.74. The Morgan fingerprint density at radius 2 is 2.25 bits per heavy atom. The number of thiazole rings is 1. The van der Waals surface area contributed by atoms with Crippen LogP contribution >= 0.6 is 27.3 Å². The van der Waals surface area contributed by atoms with Crippen molar-refractivity contribution in [3.63, 3.8) is 0 Å². The van der Waals surface area contributed by atoms with E-state index < -0.39 is 0 Å². The normalized spacial score (nSPS) is 11.1. The van der Waals surface area contributed by atoms with Crippen molar-refractivity contribution in [2.75, 3.05) is 0 Å². The van der Waals surface area contributed by atoms with E-state index in [1.807, 2.05) is 22.2 Å². The molecule has 1 aromatic carbocycles. The molecule has 80 valence electrons. The SMILES string of the molecule is Fc1ccc(Br)cc1-c1cn2ccsc2n1. The quantitative estimate of drug-likeness (QED) is 0.664. The molecule has 3 rings (SSSR count). The van der Waals surface area contributed by atoms with Crippen LogP contribution in [0, 0.1) is 5.82 Å². The van der Waals surface area contributed by atoms with Gasteiger partial charge in [-0.25, -0.2) is 9.37 Å². The Bertz CT molecular complexity index is 630. The van der Waals surface area contributed by atoms with Crippen molar-refractivity contribution in [1.29, 1.82) is 0 Å². The zero-order valence-corrected chi connectivity index (χ0v) is 10.4. The summed E-state index contributed by atoms with van der Waals surface area (Å²) < 4.78 is 16.4. The van der Waals surface area contributed by atoms with Gasteiger partial charge in [-0.15, -0.1) is 11.3 Å². The number of halogens is 2. The third-order valence-corrected chi connectivity index (χ3v) is 3.56. The van der Waals surface area contributed by atoms with E-state index in [0.29, 0.717) is 11.3 Å². The second-order valence-electron chi connectivity index (χ2n) is 3.34. The largest absolute Gasteiger partial charge is 0.297 e. The lowest BCUT2D eigenvalue weighted by Gasteiger charge is -1.99. The molecule has 0 spiro atoms. The van der Waals surface area contributed by atoms with Crippen molar-refractivity contribution in [1.82, 2.24) is 9.38 Å². The first-order chi connectivity index (χ1) is 7.74. The molecule has 0 saturated heterocycles. The second kappa shape index (κ2) is 3.68. The molecule has 2 aromatic heterocycles. The zero-order chi connectivity index (χ0) is 11.1. The number of hydrogen-bond acceptors (Lipinski definition) is 2. The Kier molecular flexibility index (Phi) is 2.29. The van der Waals surface area contributed by atoms with Gasteiger partial charge in [-0.2, -0.15) is 0 Å².